The van der Waals surface area contributed by atoms with Gasteiger partial charge in [-0.15, -0.1) is 0 Å². The normalized spacial score (nSPS) is 10.9. The van der Waals surface area contributed by atoms with E-state index in [1.54, 1.807) is 36.4 Å². The Hall–Kier alpha value is -4.13. The molecule has 0 unspecified atom stereocenters. The van der Waals surface area contributed by atoms with E-state index in [0.717, 1.165) is 5.56 Å². The number of benzene rings is 3. The molecule has 7 nitrogen and oxygen atoms in total. The lowest BCUT2D eigenvalue weighted by atomic mass is 10.1. The fourth-order valence-electron chi connectivity index (χ4n) is 3.54. The third kappa shape index (κ3) is 7.71. The minimum absolute atomic E-state index is 0.00529. The van der Waals surface area contributed by atoms with Crippen LogP contribution in [0.25, 0.3) is 0 Å². The average Bonchev–Trinajstić information content (AvgIpc) is 2.78. The Labute approximate surface area is 206 Å². The third-order valence-corrected chi connectivity index (χ3v) is 4.93. The molecule has 3 aromatic rings. The molecule has 2 N–H and O–H groups in total. The van der Waals surface area contributed by atoms with Crippen LogP contribution >= 0.6 is 0 Å². The summed E-state index contributed by atoms with van der Waals surface area (Å²) in [5.74, 6) is -0.742. The van der Waals surface area contributed by atoms with E-state index in [0.29, 0.717) is 22.6 Å². The number of aryl methyl sites for hydroxylation is 1. The Balaban J connectivity index is 1.81. The Morgan fingerprint density at radius 3 is 2.26 bits per heavy atom. The highest BCUT2D eigenvalue weighted by molar-refractivity contribution is 6.04. The summed E-state index contributed by atoms with van der Waals surface area (Å²) < 4.78 is 5.48. The number of esters is 1. The van der Waals surface area contributed by atoms with Crippen molar-refractivity contribution in [2.75, 3.05) is 16.8 Å². The fraction of sp³-hybridized carbons (Fsp3) is 0.250. The first-order valence-electron chi connectivity index (χ1n) is 11.4. The van der Waals surface area contributed by atoms with Crippen LogP contribution in [0.5, 0.6) is 0 Å². The zero-order valence-electron chi connectivity index (χ0n) is 20.5. The van der Waals surface area contributed by atoms with Crippen molar-refractivity contribution < 1.29 is 19.1 Å². The molecule has 0 fully saturated rings. The van der Waals surface area contributed by atoms with Crippen LogP contribution in [0.15, 0.2) is 78.9 Å². The summed E-state index contributed by atoms with van der Waals surface area (Å²) >= 11 is 0. The molecular weight excluding hydrogens is 442 g/mol. The molecule has 0 aliphatic carbocycles. The van der Waals surface area contributed by atoms with Gasteiger partial charge in [0.1, 0.15) is 5.60 Å². The lowest BCUT2D eigenvalue weighted by molar-refractivity contribution is -0.153. The van der Waals surface area contributed by atoms with Gasteiger partial charge in [0.15, 0.2) is 0 Å². The average molecular weight is 474 g/mol. The lowest BCUT2D eigenvalue weighted by Crippen LogP contribution is -2.40. The molecule has 0 saturated carbocycles. The SMILES string of the molecule is Cc1cccc(NC(=O)NCC(=O)N(c2ccccc2)c2ccccc2CC(=O)OC(C)(C)C)c1. The van der Waals surface area contributed by atoms with E-state index in [4.69, 9.17) is 4.74 Å². The van der Waals surface area contributed by atoms with Crippen molar-refractivity contribution in [3.8, 4) is 0 Å². The number of hydrogen-bond acceptors (Lipinski definition) is 4. The van der Waals surface area contributed by atoms with Crippen molar-refractivity contribution in [2.45, 2.75) is 39.7 Å². The number of para-hydroxylation sites is 2. The molecule has 0 aromatic heterocycles. The first-order chi connectivity index (χ1) is 16.6. The Morgan fingerprint density at radius 1 is 0.886 bits per heavy atom. The van der Waals surface area contributed by atoms with Gasteiger partial charge >= 0.3 is 12.0 Å². The van der Waals surface area contributed by atoms with E-state index in [-0.39, 0.29) is 24.8 Å². The summed E-state index contributed by atoms with van der Waals surface area (Å²) in [5, 5.41) is 5.36. The number of rotatable bonds is 7. The largest absolute Gasteiger partial charge is 0.460 e. The maximum absolute atomic E-state index is 13.4. The van der Waals surface area contributed by atoms with E-state index >= 15 is 0 Å². The third-order valence-electron chi connectivity index (χ3n) is 4.93. The first kappa shape index (κ1) is 25.5. The van der Waals surface area contributed by atoms with Crippen molar-refractivity contribution in [1.82, 2.24) is 5.32 Å². The van der Waals surface area contributed by atoms with Crippen LogP contribution in [0, 0.1) is 6.92 Å². The van der Waals surface area contributed by atoms with Gasteiger partial charge in [0.2, 0.25) is 0 Å². The van der Waals surface area contributed by atoms with Gasteiger partial charge in [0, 0.05) is 11.4 Å². The number of nitrogens with one attached hydrogen (secondary N) is 2. The van der Waals surface area contributed by atoms with Crippen molar-refractivity contribution >= 4 is 35.0 Å². The number of hydrogen-bond donors (Lipinski definition) is 2. The van der Waals surface area contributed by atoms with E-state index in [1.807, 2.05) is 70.2 Å². The number of ether oxygens (including phenoxy) is 1. The predicted octanol–water partition coefficient (Wildman–Crippen LogP) is 5.37. The second kappa shape index (κ2) is 11.3. The minimum atomic E-state index is -0.616. The second-order valence-electron chi connectivity index (χ2n) is 9.13. The molecule has 3 rings (SSSR count). The van der Waals surface area contributed by atoms with Crippen LogP contribution in [-0.2, 0) is 20.7 Å². The minimum Gasteiger partial charge on any atom is -0.460 e. The number of anilines is 3. The van der Waals surface area contributed by atoms with Crippen LogP contribution in [-0.4, -0.2) is 30.1 Å². The maximum atomic E-state index is 13.4. The Bertz CT molecular complexity index is 1190. The zero-order chi connectivity index (χ0) is 25.4. The highest BCUT2D eigenvalue weighted by Crippen LogP contribution is 2.29. The van der Waals surface area contributed by atoms with Gasteiger partial charge in [-0.05, 0) is 69.2 Å². The van der Waals surface area contributed by atoms with Gasteiger partial charge in [-0.1, -0.05) is 48.5 Å². The summed E-state index contributed by atoms with van der Waals surface area (Å²) in [4.78, 5) is 39.8. The molecular formula is C28H31N3O4. The van der Waals surface area contributed by atoms with E-state index in [2.05, 4.69) is 10.6 Å². The summed E-state index contributed by atoms with van der Waals surface area (Å²) in [5.41, 5.74) is 2.84. The number of carbonyl (C=O) groups is 3. The first-order valence-corrected chi connectivity index (χ1v) is 11.4. The molecule has 0 aliphatic rings. The van der Waals surface area contributed by atoms with Crippen molar-refractivity contribution in [3.05, 3.63) is 90.0 Å². The number of nitrogens with zero attached hydrogens (tertiary/aromatic N) is 1. The zero-order valence-corrected chi connectivity index (χ0v) is 20.5. The van der Waals surface area contributed by atoms with Gasteiger partial charge < -0.3 is 15.4 Å². The van der Waals surface area contributed by atoms with Crippen LogP contribution in [0.3, 0.4) is 0 Å². The van der Waals surface area contributed by atoms with Crippen molar-refractivity contribution in [2.24, 2.45) is 0 Å². The van der Waals surface area contributed by atoms with Gasteiger partial charge in [0.25, 0.3) is 5.91 Å². The topological polar surface area (TPSA) is 87.7 Å². The maximum Gasteiger partial charge on any atom is 0.319 e. The molecule has 0 atom stereocenters. The van der Waals surface area contributed by atoms with E-state index in [9.17, 15) is 14.4 Å². The van der Waals surface area contributed by atoms with Gasteiger partial charge in [-0.25, -0.2) is 4.79 Å². The van der Waals surface area contributed by atoms with Gasteiger partial charge in [-0.3, -0.25) is 14.5 Å². The highest BCUT2D eigenvalue weighted by atomic mass is 16.6. The number of urea groups is 1. The molecule has 35 heavy (non-hydrogen) atoms. The van der Waals surface area contributed by atoms with Crippen LogP contribution in [0.4, 0.5) is 21.9 Å². The van der Waals surface area contributed by atoms with Crippen molar-refractivity contribution in [3.63, 3.8) is 0 Å². The smallest absolute Gasteiger partial charge is 0.319 e. The summed E-state index contributed by atoms with van der Waals surface area (Å²) in [6, 6.07) is 23.2. The quantitative estimate of drug-likeness (QED) is 0.452. The molecule has 0 spiro atoms. The molecule has 7 heteroatoms. The highest BCUT2D eigenvalue weighted by Gasteiger charge is 2.23. The standard InChI is InChI=1S/C28H31N3O4/c1-20-11-10-13-22(17-20)30-27(34)29-19-25(32)31(23-14-6-5-7-15-23)24-16-9-8-12-21(24)18-26(33)35-28(2,3)4/h5-17H,18-19H2,1-4H3,(H2,29,30,34). The second-order valence-corrected chi connectivity index (χ2v) is 9.13. The summed E-state index contributed by atoms with van der Waals surface area (Å²) in [6.45, 7) is 7.12. The molecule has 3 aromatic carbocycles. The Kier molecular flexibility index (Phi) is 8.25. The van der Waals surface area contributed by atoms with Crippen LogP contribution in [0.2, 0.25) is 0 Å². The molecule has 0 heterocycles. The number of carbonyl (C=O) groups excluding carboxylic acids is 3. The summed E-state index contributed by atoms with van der Waals surface area (Å²) in [6.07, 6.45) is 0.00529. The Morgan fingerprint density at radius 2 is 1.57 bits per heavy atom. The summed E-state index contributed by atoms with van der Waals surface area (Å²) in [7, 11) is 0. The molecule has 0 radical (unpaired) electrons. The molecule has 3 amide bonds. The predicted molar refractivity (Wildman–Crippen MR) is 138 cm³/mol. The molecule has 0 aliphatic heterocycles. The van der Waals surface area contributed by atoms with Gasteiger partial charge in [-0.2, -0.15) is 0 Å². The van der Waals surface area contributed by atoms with E-state index in [1.165, 1.54) is 4.90 Å². The van der Waals surface area contributed by atoms with Gasteiger partial charge in [0.05, 0.1) is 18.7 Å². The lowest BCUT2D eigenvalue weighted by Gasteiger charge is -2.26. The fourth-order valence-corrected chi connectivity index (χ4v) is 3.54. The van der Waals surface area contributed by atoms with Crippen LogP contribution in [0.1, 0.15) is 31.9 Å². The van der Waals surface area contributed by atoms with E-state index < -0.39 is 11.6 Å². The van der Waals surface area contributed by atoms with Crippen LogP contribution < -0.4 is 15.5 Å². The molecule has 0 bridgehead atoms. The monoisotopic (exact) mass is 473 g/mol. The number of amides is 3. The molecule has 0 saturated heterocycles. The van der Waals surface area contributed by atoms with Crippen molar-refractivity contribution in [1.29, 1.82) is 0 Å². The molecule has 182 valence electrons.